The number of carbonyl (C=O) groups is 1. The second-order valence-corrected chi connectivity index (χ2v) is 3.37. The molecule has 0 radical (unpaired) electrons. The predicted molar refractivity (Wildman–Crippen MR) is 52.2 cm³/mol. The van der Waals surface area contributed by atoms with Gasteiger partial charge in [-0.05, 0) is 0 Å². The van der Waals surface area contributed by atoms with Crippen LogP contribution in [0.25, 0.3) is 0 Å². The van der Waals surface area contributed by atoms with E-state index in [0.717, 1.165) is 0 Å². The summed E-state index contributed by atoms with van der Waals surface area (Å²) in [5.74, 6) is 0.504. The van der Waals surface area contributed by atoms with Crippen LogP contribution in [0.3, 0.4) is 0 Å². The Labute approximate surface area is 85.9 Å². The molecule has 0 aromatic rings. The second-order valence-electron chi connectivity index (χ2n) is 2.43. The van der Waals surface area contributed by atoms with Gasteiger partial charge in [0.05, 0.1) is 12.5 Å². The molecule has 1 rings (SSSR count). The minimum absolute atomic E-state index is 0.227. The van der Waals surface area contributed by atoms with Gasteiger partial charge >= 0.3 is 6.09 Å². The van der Waals surface area contributed by atoms with Gasteiger partial charge in [0, 0.05) is 14.2 Å². The summed E-state index contributed by atoms with van der Waals surface area (Å²) in [5.41, 5.74) is 0. The lowest BCUT2D eigenvalue weighted by Crippen LogP contribution is -2.23. The van der Waals surface area contributed by atoms with Crippen LogP contribution in [0.1, 0.15) is 0 Å². The zero-order valence-corrected chi connectivity index (χ0v) is 8.80. The van der Waals surface area contributed by atoms with Crippen molar-refractivity contribution in [1.29, 1.82) is 0 Å². The first-order valence-electron chi connectivity index (χ1n) is 3.98. The molecule has 1 aliphatic heterocycles. The molecular weight excluding hydrogens is 208 g/mol. The Morgan fingerprint density at radius 2 is 2.64 bits per heavy atom. The first-order valence-corrected chi connectivity index (χ1v) is 4.96. The lowest BCUT2D eigenvalue weighted by atomic mass is 10.4. The SMILES string of the molecule is CNC(=O)ON=C1SCOC1COC. The number of thioether (sulfide) groups is 1. The monoisotopic (exact) mass is 220 g/mol. The standard InChI is InChI=1S/C7H12N2O4S/c1-8-7(10)13-9-6-5(3-11-2)12-4-14-6/h5H,3-4H2,1-2H3,(H,8,10). The molecule has 0 spiro atoms. The zero-order chi connectivity index (χ0) is 10.4. The lowest BCUT2D eigenvalue weighted by molar-refractivity contribution is 0.0660. The van der Waals surface area contributed by atoms with Gasteiger partial charge in [0.2, 0.25) is 0 Å². The number of nitrogens with one attached hydrogen (secondary N) is 1. The third-order valence-corrected chi connectivity index (χ3v) is 2.38. The van der Waals surface area contributed by atoms with Crippen molar-refractivity contribution in [3.8, 4) is 0 Å². The smallest absolute Gasteiger partial charge is 0.382 e. The lowest BCUT2D eigenvalue weighted by Gasteiger charge is -2.06. The van der Waals surface area contributed by atoms with Crippen LogP contribution >= 0.6 is 11.8 Å². The van der Waals surface area contributed by atoms with Crippen molar-refractivity contribution in [1.82, 2.24) is 5.32 Å². The van der Waals surface area contributed by atoms with Gasteiger partial charge < -0.3 is 14.8 Å². The molecule has 0 bridgehead atoms. The summed E-state index contributed by atoms with van der Waals surface area (Å²) >= 11 is 1.39. The fraction of sp³-hybridized carbons (Fsp3) is 0.714. The van der Waals surface area contributed by atoms with E-state index in [-0.39, 0.29) is 6.10 Å². The maximum absolute atomic E-state index is 10.7. The van der Waals surface area contributed by atoms with E-state index in [0.29, 0.717) is 17.6 Å². The zero-order valence-electron chi connectivity index (χ0n) is 7.98. The number of amides is 1. The highest BCUT2D eigenvalue weighted by molar-refractivity contribution is 8.14. The van der Waals surface area contributed by atoms with Gasteiger partial charge in [0.15, 0.2) is 0 Å². The number of hydrogen-bond acceptors (Lipinski definition) is 6. The van der Waals surface area contributed by atoms with Crippen molar-refractivity contribution < 1.29 is 19.1 Å². The topological polar surface area (TPSA) is 69.2 Å². The second kappa shape index (κ2) is 5.84. The van der Waals surface area contributed by atoms with E-state index in [1.54, 1.807) is 7.11 Å². The highest BCUT2D eigenvalue weighted by atomic mass is 32.2. The number of hydrogen-bond donors (Lipinski definition) is 1. The minimum Gasteiger partial charge on any atom is -0.382 e. The van der Waals surface area contributed by atoms with Gasteiger partial charge in [0.25, 0.3) is 0 Å². The molecule has 1 saturated heterocycles. The van der Waals surface area contributed by atoms with E-state index in [1.165, 1.54) is 18.8 Å². The molecule has 14 heavy (non-hydrogen) atoms. The Morgan fingerprint density at radius 1 is 1.86 bits per heavy atom. The Kier molecular flexibility index (Phi) is 4.71. The van der Waals surface area contributed by atoms with Crippen LogP contribution in [0.15, 0.2) is 5.16 Å². The first kappa shape index (κ1) is 11.3. The molecule has 1 aliphatic rings. The number of carbonyl (C=O) groups excluding carboxylic acids is 1. The number of nitrogens with zero attached hydrogens (tertiary/aromatic N) is 1. The molecule has 6 nitrogen and oxygen atoms in total. The Morgan fingerprint density at radius 3 is 3.29 bits per heavy atom. The molecule has 0 aliphatic carbocycles. The maximum Gasteiger partial charge on any atom is 0.433 e. The van der Waals surface area contributed by atoms with Crippen molar-refractivity contribution in [3.63, 3.8) is 0 Å². The van der Waals surface area contributed by atoms with Crippen molar-refractivity contribution in [2.45, 2.75) is 6.10 Å². The fourth-order valence-corrected chi connectivity index (χ4v) is 1.59. The normalized spacial score (nSPS) is 23.9. The number of ether oxygens (including phenoxy) is 2. The van der Waals surface area contributed by atoms with Crippen molar-refractivity contribution in [3.05, 3.63) is 0 Å². The van der Waals surface area contributed by atoms with Crippen LogP contribution in [0.2, 0.25) is 0 Å². The molecule has 1 N–H and O–H groups in total. The van der Waals surface area contributed by atoms with Crippen LogP contribution in [-0.2, 0) is 14.3 Å². The van der Waals surface area contributed by atoms with Crippen LogP contribution < -0.4 is 5.32 Å². The third-order valence-electron chi connectivity index (χ3n) is 1.49. The van der Waals surface area contributed by atoms with Crippen LogP contribution in [-0.4, -0.2) is 43.9 Å². The fourth-order valence-electron chi connectivity index (χ4n) is 0.829. The molecule has 7 heteroatoms. The van der Waals surface area contributed by atoms with Gasteiger partial charge in [-0.1, -0.05) is 16.9 Å². The number of rotatable bonds is 3. The number of methoxy groups -OCH3 is 1. The van der Waals surface area contributed by atoms with E-state index < -0.39 is 6.09 Å². The maximum atomic E-state index is 10.7. The van der Waals surface area contributed by atoms with Crippen LogP contribution in [0, 0.1) is 0 Å². The highest BCUT2D eigenvalue weighted by Crippen LogP contribution is 2.20. The molecule has 0 aromatic heterocycles. The minimum atomic E-state index is -0.596. The summed E-state index contributed by atoms with van der Waals surface area (Å²) in [4.78, 5) is 15.2. The molecular formula is C7H12N2O4S. The summed E-state index contributed by atoms with van der Waals surface area (Å²) < 4.78 is 10.2. The van der Waals surface area contributed by atoms with Crippen molar-refractivity contribution in [2.75, 3.05) is 26.7 Å². The van der Waals surface area contributed by atoms with E-state index in [9.17, 15) is 4.79 Å². The molecule has 1 heterocycles. The quantitative estimate of drug-likeness (QED) is 0.550. The summed E-state index contributed by atoms with van der Waals surface area (Å²) in [5, 5.41) is 6.56. The molecule has 0 aromatic carbocycles. The van der Waals surface area contributed by atoms with Gasteiger partial charge in [-0.3, -0.25) is 4.84 Å². The Hall–Kier alpha value is -0.790. The van der Waals surface area contributed by atoms with E-state index >= 15 is 0 Å². The molecule has 80 valence electrons. The Bertz CT molecular complexity index is 234. The van der Waals surface area contributed by atoms with E-state index in [4.69, 9.17) is 9.47 Å². The summed E-state index contributed by atoms with van der Waals surface area (Å²) in [6.45, 7) is 0.406. The van der Waals surface area contributed by atoms with Crippen LogP contribution in [0.4, 0.5) is 4.79 Å². The summed E-state index contributed by atoms with van der Waals surface area (Å²) in [7, 11) is 3.04. The predicted octanol–water partition coefficient (Wildman–Crippen LogP) is 0.392. The van der Waals surface area contributed by atoms with E-state index in [1.807, 2.05) is 0 Å². The molecule has 1 amide bonds. The number of oxime groups is 1. The van der Waals surface area contributed by atoms with Crippen molar-refractivity contribution in [2.24, 2.45) is 5.16 Å². The van der Waals surface area contributed by atoms with Gasteiger partial charge in [0.1, 0.15) is 11.1 Å². The summed E-state index contributed by atoms with van der Waals surface area (Å²) in [6.07, 6.45) is -0.823. The molecule has 0 saturated carbocycles. The Balaban J connectivity index is 2.44. The average Bonchev–Trinajstić information content (AvgIpc) is 2.62. The van der Waals surface area contributed by atoms with Gasteiger partial charge in [-0.15, -0.1) is 0 Å². The molecule has 1 fully saturated rings. The van der Waals surface area contributed by atoms with Gasteiger partial charge in [-0.2, -0.15) is 0 Å². The van der Waals surface area contributed by atoms with E-state index in [2.05, 4.69) is 15.3 Å². The molecule has 1 atom stereocenters. The van der Waals surface area contributed by atoms with Crippen LogP contribution in [0.5, 0.6) is 0 Å². The largest absolute Gasteiger partial charge is 0.433 e. The summed E-state index contributed by atoms with van der Waals surface area (Å²) in [6, 6.07) is 0. The van der Waals surface area contributed by atoms with Crippen molar-refractivity contribution >= 4 is 22.9 Å². The first-order chi connectivity index (χ1) is 6.77. The third kappa shape index (κ3) is 3.17. The highest BCUT2D eigenvalue weighted by Gasteiger charge is 2.25. The van der Waals surface area contributed by atoms with Gasteiger partial charge in [-0.25, -0.2) is 4.79 Å². The molecule has 1 unspecified atom stereocenters. The average molecular weight is 220 g/mol.